The molecule has 3 unspecified atom stereocenters. The van der Waals surface area contributed by atoms with Gasteiger partial charge < -0.3 is 10.4 Å². The van der Waals surface area contributed by atoms with E-state index in [2.05, 4.69) is 37.3 Å². The Morgan fingerprint density at radius 3 is 2.32 bits per heavy atom. The van der Waals surface area contributed by atoms with Crippen LogP contribution in [0.1, 0.15) is 51.0 Å². The number of benzene rings is 1. The highest BCUT2D eigenvalue weighted by Gasteiger charge is 2.19. The second-order valence-electron chi connectivity index (χ2n) is 6.28. The van der Waals surface area contributed by atoms with Crippen molar-refractivity contribution in [1.82, 2.24) is 15.1 Å². The van der Waals surface area contributed by atoms with E-state index < -0.39 is 6.10 Å². The van der Waals surface area contributed by atoms with E-state index in [1.54, 1.807) is 0 Å². The molecule has 0 radical (unpaired) electrons. The van der Waals surface area contributed by atoms with Crippen LogP contribution in [0.5, 0.6) is 0 Å². The largest absolute Gasteiger partial charge is 0.391 e. The lowest BCUT2D eigenvalue weighted by Gasteiger charge is -2.26. The molecule has 0 saturated heterocycles. The average Bonchev–Trinajstić information content (AvgIpc) is 2.94. The standard InChI is InChI=1S/C18H27N3O/c1-13(2)21-11-10-17(20-21)12-14(3)19-18(15(4)22)16-8-6-5-7-9-16/h5-11,13-15,18-19,22H,12H2,1-4H3. The molecular formula is C18H27N3O. The SMILES string of the molecule is CC(Cc1ccn(C(C)C)n1)NC(c1ccccc1)C(C)O. The van der Waals surface area contributed by atoms with Crippen LogP contribution in [0.25, 0.3) is 0 Å². The smallest absolute Gasteiger partial charge is 0.0706 e. The van der Waals surface area contributed by atoms with Gasteiger partial charge in [-0.05, 0) is 39.3 Å². The van der Waals surface area contributed by atoms with Crippen LogP contribution in [0.15, 0.2) is 42.6 Å². The molecule has 0 fully saturated rings. The summed E-state index contributed by atoms with van der Waals surface area (Å²) in [5.41, 5.74) is 2.18. The van der Waals surface area contributed by atoms with Crippen molar-refractivity contribution in [2.45, 2.75) is 58.3 Å². The zero-order valence-electron chi connectivity index (χ0n) is 13.9. The Bertz CT molecular complexity index is 563. The number of hydrogen-bond donors (Lipinski definition) is 2. The molecule has 0 spiro atoms. The second-order valence-corrected chi connectivity index (χ2v) is 6.28. The van der Waals surface area contributed by atoms with E-state index >= 15 is 0 Å². The van der Waals surface area contributed by atoms with Crippen LogP contribution in [-0.2, 0) is 6.42 Å². The third kappa shape index (κ3) is 4.42. The van der Waals surface area contributed by atoms with Gasteiger partial charge in [0.15, 0.2) is 0 Å². The van der Waals surface area contributed by atoms with Gasteiger partial charge in [0.05, 0.1) is 17.8 Å². The molecule has 0 amide bonds. The van der Waals surface area contributed by atoms with Gasteiger partial charge in [-0.3, -0.25) is 4.68 Å². The molecule has 1 heterocycles. The van der Waals surface area contributed by atoms with Crippen LogP contribution in [0.4, 0.5) is 0 Å². The molecule has 2 rings (SSSR count). The van der Waals surface area contributed by atoms with Gasteiger partial charge in [-0.25, -0.2) is 0 Å². The van der Waals surface area contributed by atoms with Gasteiger partial charge in [-0.1, -0.05) is 30.3 Å². The Balaban J connectivity index is 2.00. The van der Waals surface area contributed by atoms with Gasteiger partial charge >= 0.3 is 0 Å². The monoisotopic (exact) mass is 301 g/mol. The number of nitrogens with one attached hydrogen (secondary N) is 1. The zero-order chi connectivity index (χ0) is 16.1. The number of nitrogens with zero attached hydrogens (tertiary/aromatic N) is 2. The molecular weight excluding hydrogens is 274 g/mol. The van der Waals surface area contributed by atoms with E-state index in [0.717, 1.165) is 17.7 Å². The highest BCUT2D eigenvalue weighted by molar-refractivity contribution is 5.20. The molecule has 1 aromatic carbocycles. The lowest BCUT2D eigenvalue weighted by molar-refractivity contribution is 0.139. The number of aliphatic hydroxyl groups is 1. The highest BCUT2D eigenvalue weighted by atomic mass is 16.3. The summed E-state index contributed by atoms with van der Waals surface area (Å²) in [6, 6.07) is 12.7. The van der Waals surface area contributed by atoms with Crippen molar-refractivity contribution in [2.75, 3.05) is 0 Å². The van der Waals surface area contributed by atoms with E-state index in [1.165, 1.54) is 0 Å². The first-order valence-electron chi connectivity index (χ1n) is 8.00. The zero-order valence-corrected chi connectivity index (χ0v) is 13.9. The van der Waals surface area contributed by atoms with E-state index in [1.807, 2.05) is 48.1 Å². The Kier molecular flexibility index (Phi) is 5.75. The molecule has 2 N–H and O–H groups in total. The van der Waals surface area contributed by atoms with Gasteiger partial charge in [0.1, 0.15) is 0 Å². The average molecular weight is 301 g/mol. The minimum absolute atomic E-state index is 0.0663. The fourth-order valence-electron chi connectivity index (χ4n) is 2.63. The van der Waals surface area contributed by atoms with Gasteiger partial charge in [0.25, 0.3) is 0 Å². The Morgan fingerprint density at radius 2 is 1.77 bits per heavy atom. The molecule has 0 bridgehead atoms. The summed E-state index contributed by atoms with van der Waals surface area (Å²) in [6.07, 6.45) is 2.42. The molecule has 120 valence electrons. The van der Waals surface area contributed by atoms with Crippen molar-refractivity contribution < 1.29 is 5.11 Å². The maximum atomic E-state index is 10.1. The Morgan fingerprint density at radius 1 is 1.09 bits per heavy atom. The Labute approximate surface area is 133 Å². The minimum Gasteiger partial charge on any atom is -0.391 e. The van der Waals surface area contributed by atoms with Crippen molar-refractivity contribution in [3.63, 3.8) is 0 Å². The molecule has 4 heteroatoms. The quantitative estimate of drug-likeness (QED) is 0.826. The van der Waals surface area contributed by atoms with E-state index in [0.29, 0.717) is 6.04 Å². The van der Waals surface area contributed by atoms with Crippen molar-refractivity contribution in [3.8, 4) is 0 Å². The summed E-state index contributed by atoms with van der Waals surface area (Å²) >= 11 is 0. The van der Waals surface area contributed by atoms with Gasteiger partial charge in [-0.15, -0.1) is 0 Å². The number of aliphatic hydroxyl groups excluding tert-OH is 1. The molecule has 3 atom stereocenters. The first kappa shape index (κ1) is 16.7. The predicted octanol–water partition coefficient (Wildman–Crippen LogP) is 3.11. The fraction of sp³-hybridized carbons (Fsp3) is 0.500. The van der Waals surface area contributed by atoms with Crippen LogP contribution >= 0.6 is 0 Å². The molecule has 0 aliphatic rings. The number of aromatic nitrogens is 2. The normalized spacial score (nSPS) is 15.7. The third-order valence-corrected chi connectivity index (χ3v) is 3.81. The topological polar surface area (TPSA) is 50.1 Å². The summed E-state index contributed by atoms with van der Waals surface area (Å²) in [4.78, 5) is 0. The van der Waals surface area contributed by atoms with E-state index in [-0.39, 0.29) is 12.1 Å². The second kappa shape index (κ2) is 7.56. The summed E-state index contributed by atoms with van der Waals surface area (Å²) < 4.78 is 1.98. The van der Waals surface area contributed by atoms with Gasteiger partial charge in [0, 0.05) is 24.7 Å². The molecule has 22 heavy (non-hydrogen) atoms. The summed E-state index contributed by atoms with van der Waals surface area (Å²) in [6.45, 7) is 8.20. The third-order valence-electron chi connectivity index (χ3n) is 3.81. The molecule has 1 aromatic heterocycles. The fourth-order valence-corrected chi connectivity index (χ4v) is 2.63. The van der Waals surface area contributed by atoms with Crippen molar-refractivity contribution in [3.05, 3.63) is 53.9 Å². The maximum Gasteiger partial charge on any atom is 0.0706 e. The number of rotatable bonds is 7. The summed E-state index contributed by atoms with van der Waals surface area (Å²) in [5.74, 6) is 0. The Hall–Kier alpha value is -1.65. The van der Waals surface area contributed by atoms with Crippen LogP contribution in [0.2, 0.25) is 0 Å². The molecule has 2 aromatic rings. The first-order valence-corrected chi connectivity index (χ1v) is 8.00. The van der Waals surface area contributed by atoms with Crippen LogP contribution in [0, 0.1) is 0 Å². The molecule has 0 aliphatic heterocycles. The lowest BCUT2D eigenvalue weighted by Crippen LogP contribution is -2.37. The minimum atomic E-state index is -0.446. The van der Waals surface area contributed by atoms with Gasteiger partial charge in [0.2, 0.25) is 0 Å². The van der Waals surface area contributed by atoms with Crippen molar-refractivity contribution in [2.24, 2.45) is 0 Å². The van der Waals surface area contributed by atoms with Crippen molar-refractivity contribution >= 4 is 0 Å². The van der Waals surface area contributed by atoms with Crippen LogP contribution in [-0.4, -0.2) is 27.0 Å². The summed E-state index contributed by atoms with van der Waals surface area (Å²) in [5, 5.41) is 18.2. The van der Waals surface area contributed by atoms with E-state index in [4.69, 9.17) is 0 Å². The molecule has 4 nitrogen and oxygen atoms in total. The highest BCUT2D eigenvalue weighted by Crippen LogP contribution is 2.18. The lowest BCUT2D eigenvalue weighted by atomic mass is 10.0. The van der Waals surface area contributed by atoms with Crippen LogP contribution < -0.4 is 5.32 Å². The van der Waals surface area contributed by atoms with E-state index in [9.17, 15) is 5.11 Å². The predicted molar refractivity (Wildman–Crippen MR) is 89.8 cm³/mol. The number of hydrogen-bond acceptors (Lipinski definition) is 3. The van der Waals surface area contributed by atoms with Gasteiger partial charge in [-0.2, -0.15) is 5.10 Å². The summed E-state index contributed by atoms with van der Waals surface area (Å²) in [7, 11) is 0. The first-order chi connectivity index (χ1) is 10.5. The molecule has 0 aliphatic carbocycles. The van der Waals surface area contributed by atoms with Crippen molar-refractivity contribution in [1.29, 1.82) is 0 Å². The molecule has 0 saturated carbocycles. The van der Waals surface area contributed by atoms with Crippen LogP contribution in [0.3, 0.4) is 0 Å². The maximum absolute atomic E-state index is 10.1.